The molecule has 0 heterocycles. The molecule has 1 aromatic rings. The van der Waals surface area contributed by atoms with E-state index in [9.17, 15) is 0 Å². The molecule has 2 rings (SSSR count). The van der Waals surface area contributed by atoms with Crippen LogP contribution in [0.3, 0.4) is 0 Å². The van der Waals surface area contributed by atoms with Crippen molar-refractivity contribution in [2.24, 2.45) is 0 Å². The van der Waals surface area contributed by atoms with Crippen molar-refractivity contribution in [3.63, 3.8) is 0 Å². The van der Waals surface area contributed by atoms with Gasteiger partial charge in [0.25, 0.3) is 0 Å². The van der Waals surface area contributed by atoms with E-state index in [0.717, 1.165) is 32.8 Å². The molecule has 0 bridgehead atoms. The number of benzene rings is 1. The third kappa shape index (κ3) is 5.33. The minimum absolute atomic E-state index is 0.528. The average molecular weight is 290 g/mol. The van der Waals surface area contributed by atoms with Crippen molar-refractivity contribution in [2.45, 2.75) is 52.2 Å². The summed E-state index contributed by atoms with van der Waals surface area (Å²) in [6, 6.07) is 8.88. The third-order valence-corrected chi connectivity index (χ3v) is 4.33. The van der Waals surface area contributed by atoms with Gasteiger partial charge in [-0.25, -0.2) is 0 Å². The first kappa shape index (κ1) is 16.3. The Balaban J connectivity index is 1.64. The van der Waals surface area contributed by atoms with Crippen molar-refractivity contribution in [3.05, 3.63) is 29.8 Å². The lowest BCUT2D eigenvalue weighted by Gasteiger charge is -2.21. The van der Waals surface area contributed by atoms with Gasteiger partial charge in [0.1, 0.15) is 0 Å². The molecule has 0 aromatic heterocycles. The molecule has 21 heavy (non-hydrogen) atoms. The summed E-state index contributed by atoms with van der Waals surface area (Å²) in [4.78, 5) is 2.37. The van der Waals surface area contributed by atoms with Gasteiger partial charge in [-0.15, -0.1) is 0 Å². The molecule has 118 valence electrons. The Morgan fingerprint density at radius 3 is 2.38 bits per heavy atom. The van der Waals surface area contributed by atoms with Crippen LogP contribution in [0.25, 0.3) is 0 Å². The molecule has 0 unspecified atom stereocenters. The topological polar surface area (TPSA) is 24.5 Å². The highest BCUT2D eigenvalue weighted by Gasteiger charge is 2.14. The maximum absolute atomic E-state index is 5.85. The Hall–Kier alpha value is -1.06. The first-order chi connectivity index (χ1) is 10.3. The predicted octanol–water partition coefficient (Wildman–Crippen LogP) is 3.58. The number of hydrogen-bond donors (Lipinski definition) is 1. The predicted molar refractivity (Wildman–Crippen MR) is 89.9 cm³/mol. The number of nitrogens with zero attached hydrogens (tertiary/aromatic N) is 1. The lowest BCUT2D eigenvalue weighted by molar-refractivity contribution is 0.0603. The fourth-order valence-corrected chi connectivity index (χ4v) is 3.00. The fraction of sp³-hybridized carbons (Fsp3) is 0.667. The van der Waals surface area contributed by atoms with E-state index in [0.29, 0.717) is 6.10 Å². The normalized spacial score (nSPS) is 15.5. The van der Waals surface area contributed by atoms with Crippen molar-refractivity contribution >= 4 is 5.69 Å². The Kier molecular flexibility index (Phi) is 7.04. The second-order valence-corrected chi connectivity index (χ2v) is 5.79. The van der Waals surface area contributed by atoms with E-state index in [2.05, 4.69) is 48.3 Å². The van der Waals surface area contributed by atoms with Crippen LogP contribution in [0.1, 0.15) is 45.1 Å². The van der Waals surface area contributed by atoms with Gasteiger partial charge < -0.3 is 15.0 Å². The minimum Gasteiger partial charge on any atom is -0.377 e. The van der Waals surface area contributed by atoms with Gasteiger partial charge in [-0.3, -0.25) is 0 Å². The molecular formula is C18H30N2O. The van der Waals surface area contributed by atoms with Crippen LogP contribution in [0, 0.1) is 0 Å². The highest BCUT2D eigenvalue weighted by atomic mass is 16.5. The minimum atomic E-state index is 0.528. The molecule has 3 nitrogen and oxygen atoms in total. The van der Waals surface area contributed by atoms with Crippen LogP contribution in [0.5, 0.6) is 0 Å². The summed E-state index contributed by atoms with van der Waals surface area (Å²) < 4.78 is 5.85. The van der Waals surface area contributed by atoms with E-state index in [1.807, 2.05) is 0 Å². The molecule has 1 fully saturated rings. The van der Waals surface area contributed by atoms with Crippen molar-refractivity contribution in [1.29, 1.82) is 0 Å². The molecule has 0 spiro atoms. The first-order valence-electron chi connectivity index (χ1n) is 8.49. The van der Waals surface area contributed by atoms with Crippen molar-refractivity contribution in [2.75, 3.05) is 31.1 Å². The highest BCUT2D eigenvalue weighted by Crippen LogP contribution is 2.20. The van der Waals surface area contributed by atoms with E-state index < -0.39 is 0 Å². The summed E-state index contributed by atoms with van der Waals surface area (Å²) >= 11 is 0. The van der Waals surface area contributed by atoms with Crippen molar-refractivity contribution in [1.82, 2.24) is 5.32 Å². The quantitative estimate of drug-likeness (QED) is 0.704. The number of nitrogens with one attached hydrogen (secondary N) is 1. The van der Waals surface area contributed by atoms with E-state index in [-0.39, 0.29) is 0 Å². The average Bonchev–Trinajstić information content (AvgIpc) is 3.03. The summed E-state index contributed by atoms with van der Waals surface area (Å²) in [5.74, 6) is 0. The Morgan fingerprint density at radius 1 is 1.10 bits per heavy atom. The summed E-state index contributed by atoms with van der Waals surface area (Å²) in [5, 5.41) is 3.46. The largest absolute Gasteiger partial charge is 0.377 e. The Bertz CT molecular complexity index is 381. The van der Waals surface area contributed by atoms with Gasteiger partial charge in [0.2, 0.25) is 0 Å². The van der Waals surface area contributed by atoms with E-state index in [1.165, 1.54) is 36.9 Å². The molecule has 0 aliphatic heterocycles. The van der Waals surface area contributed by atoms with Gasteiger partial charge >= 0.3 is 0 Å². The van der Waals surface area contributed by atoms with Crippen LogP contribution in [-0.2, 0) is 11.3 Å². The summed E-state index contributed by atoms with van der Waals surface area (Å²) in [6.07, 6.45) is 5.73. The molecule has 0 radical (unpaired) electrons. The first-order valence-corrected chi connectivity index (χ1v) is 8.49. The highest BCUT2D eigenvalue weighted by molar-refractivity contribution is 5.47. The molecule has 3 heteroatoms. The van der Waals surface area contributed by atoms with Crippen LogP contribution in [-0.4, -0.2) is 32.3 Å². The van der Waals surface area contributed by atoms with Crippen LogP contribution in [0.15, 0.2) is 24.3 Å². The summed E-state index contributed by atoms with van der Waals surface area (Å²) in [5.41, 5.74) is 2.65. The fourth-order valence-electron chi connectivity index (χ4n) is 3.00. The van der Waals surface area contributed by atoms with Crippen LogP contribution in [0.4, 0.5) is 5.69 Å². The third-order valence-electron chi connectivity index (χ3n) is 4.33. The molecule has 0 saturated heterocycles. The van der Waals surface area contributed by atoms with Crippen LogP contribution < -0.4 is 10.2 Å². The Labute approximate surface area is 129 Å². The SMILES string of the molecule is CCN(CC)c1ccc(CNCCOC2CCCC2)cc1. The van der Waals surface area contributed by atoms with Gasteiger partial charge in [-0.1, -0.05) is 25.0 Å². The zero-order valence-corrected chi connectivity index (χ0v) is 13.6. The number of hydrogen-bond acceptors (Lipinski definition) is 3. The monoisotopic (exact) mass is 290 g/mol. The van der Waals surface area contributed by atoms with Gasteiger partial charge in [0, 0.05) is 31.9 Å². The lowest BCUT2D eigenvalue weighted by Crippen LogP contribution is -2.22. The molecule has 1 saturated carbocycles. The number of rotatable bonds is 9. The zero-order valence-electron chi connectivity index (χ0n) is 13.6. The standard InChI is InChI=1S/C18H30N2O/c1-3-20(4-2)17-11-9-16(10-12-17)15-19-13-14-21-18-7-5-6-8-18/h9-12,18-19H,3-8,13-15H2,1-2H3. The van der Waals surface area contributed by atoms with Crippen molar-refractivity contribution < 1.29 is 4.74 Å². The Morgan fingerprint density at radius 2 is 1.76 bits per heavy atom. The number of anilines is 1. The molecule has 0 atom stereocenters. The molecule has 1 aliphatic rings. The summed E-state index contributed by atoms with van der Waals surface area (Å²) in [6.45, 7) is 9.22. The lowest BCUT2D eigenvalue weighted by atomic mass is 10.2. The van der Waals surface area contributed by atoms with Crippen molar-refractivity contribution in [3.8, 4) is 0 Å². The van der Waals surface area contributed by atoms with E-state index in [4.69, 9.17) is 4.74 Å². The maximum atomic E-state index is 5.85. The second kappa shape index (κ2) is 9.06. The van der Waals surface area contributed by atoms with E-state index >= 15 is 0 Å². The molecule has 1 N–H and O–H groups in total. The zero-order chi connectivity index (χ0) is 14.9. The smallest absolute Gasteiger partial charge is 0.0594 e. The maximum Gasteiger partial charge on any atom is 0.0594 e. The van der Waals surface area contributed by atoms with Gasteiger partial charge in [-0.2, -0.15) is 0 Å². The molecule has 1 aliphatic carbocycles. The van der Waals surface area contributed by atoms with Crippen LogP contribution >= 0.6 is 0 Å². The molecule has 0 amide bonds. The second-order valence-electron chi connectivity index (χ2n) is 5.79. The molecular weight excluding hydrogens is 260 g/mol. The summed E-state index contributed by atoms with van der Waals surface area (Å²) in [7, 11) is 0. The van der Waals surface area contributed by atoms with Gasteiger partial charge in [0.15, 0.2) is 0 Å². The number of ether oxygens (including phenoxy) is 1. The van der Waals surface area contributed by atoms with Gasteiger partial charge in [0.05, 0.1) is 12.7 Å². The van der Waals surface area contributed by atoms with Crippen LogP contribution in [0.2, 0.25) is 0 Å². The van der Waals surface area contributed by atoms with Gasteiger partial charge in [-0.05, 0) is 44.4 Å². The van der Waals surface area contributed by atoms with E-state index in [1.54, 1.807) is 0 Å². The molecule has 1 aromatic carbocycles.